The van der Waals surface area contributed by atoms with E-state index >= 15 is 0 Å². The molecule has 0 N–H and O–H groups in total. The Morgan fingerprint density at radius 1 is 0.700 bits per heavy atom. The Kier molecular flexibility index (Phi) is 36.0. The molecule has 0 rings (SSSR count). The van der Waals surface area contributed by atoms with Crippen molar-refractivity contribution in [2.45, 2.75) is 0 Å². The monoisotopic (exact) mass is 168 g/mol. The van der Waals surface area contributed by atoms with Gasteiger partial charge in [-0.25, -0.2) is 0 Å². The van der Waals surface area contributed by atoms with Crippen molar-refractivity contribution in [2.75, 3.05) is 0 Å². The van der Waals surface area contributed by atoms with Gasteiger partial charge in [0.25, 0.3) is 0 Å². The summed E-state index contributed by atoms with van der Waals surface area (Å²) in [5.74, 6) is 0. The first-order chi connectivity index (χ1) is 3.46. The zero-order valence-corrected chi connectivity index (χ0v) is 7.69. The van der Waals surface area contributed by atoms with Gasteiger partial charge in [0.2, 0.25) is 0 Å². The molecule has 0 saturated heterocycles. The molecule has 0 aromatic rings. The summed E-state index contributed by atoms with van der Waals surface area (Å²) in [6, 6.07) is 0. The van der Waals surface area contributed by atoms with Gasteiger partial charge >= 0.3 is 46.1 Å². The maximum atomic E-state index is 8.33. The molecule has 0 heterocycles. The van der Waals surface area contributed by atoms with Gasteiger partial charge in [0.05, 0.1) is 0 Å². The van der Waals surface area contributed by atoms with Gasteiger partial charge < -0.3 is 30.0 Å². The fourth-order valence-corrected chi connectivity index (χ4v) is 0. The normalized spacial score (nSPS) is 4.80. The van der Waals surface area contributed by atoms with Crippen LogP contribution in [-0.4, -0.2) is 58.4 Å². The summed E-state index contributed by atoms with van der Waals surface area (Å²) >= 11 is 0. The SMILES string of the molecule is O=C([O-])[O-].O=C([O-])[O-].[Mg+2].[Mg+2]. The predicted molar refractivity (Wildman–Crippen MR) is 22.3 cm³/mol. The van der Waals surface area contributed by atoms with E-state index in [2.05, 4.69) is 0 Å². The van der Waals surface area contributed by atoms with E-state index in [-0.39, 0.29) is 46.1 Å². The summed E-state index contributed by atoms with van der Waals surface area (Å²) in [5, 5.41) is 33.3. The van der Waals surface area contributed by atoms with Gasteiger partial charge in [-0.1, -0.05) is 0 Å². The third-order valence-corrected chi connectivity index (χ3v) is 0. The molecule has 0 aromatic carbocycles. The molecule has 0 saturated carbocycles. The van der Waals surface area contributed by atoms with Crippen LogP contribution in [-0.2, 0) is 0 Å². The van der Waals surface area contributed by atoms with Crippen molar-refractivity contribution in [2.24, 2.45) is 0 Å². The molecule has 0 radical (unpaired) electrons. The summed E-state index contributed by atoms with van der Waals surface area (Å²) in [6.07, 6.45) is -4.67. The Hall–Kier alpha value is 0.0725. The second-order valence-corrected chi connectivity index (χ2v) is 0.500. The first-order valence-electron chi connectivity index (χ1n) is 1.22. The summed E-state index contributed by atoms with van der Waals surface area (Å²) in [7, 11) is 0. The van der Waals surface area contributed by atoms with Crippen LogP contribution < -0.4 is 20.4 Å². The fraction of sp³-hybridized carbons (Fsp3) is 0. The van der Waals surface area contributed by atoms with Crippen LogP contribution in [0, 0.1) is 0 Å². The summed E-state index contributed by atoms with van der Waals surface area (Å²) < 4.78 is 0. The van der Waals surface area contributed by atoms with Crippen LogP contribution in [0.3, 0.4) is 0 Å². The number of rotatable bonds is 0. The minimum Gasteiger partial charge on any atom is -0.652 e. The van der Waals surface area contributed by atoms with Crippen molar-refractivity contribution in [1.29, 1.82) is 0 Å². The topological polar surface area (TPSA) is 126 Å². The van der Waals surface area contributed by atoms with Gasteiger partial charge in [0.1, 0.15) is 0 Å². The van der Waals surface area contributed by atoms with Gasteiger partial charge in [-0.15, -0.1) is 0 Å². The maximum absolute atomic E-state index is 8.33. The Bertz CT molecular complexity index is 71.7. The molecule has 8 heteroatoms. The van der Waals surface area contributed by atoms with E-state index in [4.69, 9.17) is 30.0 Å². The van der Waals surface area contributed by atoms with Crippen LogP contribution in [0.1, 0.15) is 0 Å². The van der Waals surface area contributed by atoms with E-state index in [9.17, 15) is 0 Å². The van der Waals surface area contributed by atoms with E-state index < -0.39 is 12.3 Å². The molecule has 0 aliphatic rings. The summed E-state index contributed by atoms with van der Waals surface area (Å²) in [4.78, 5) is 16.7. The molecule has 0 bridgehead atoms. The molecule has 6 nitrogen and oxygen atoms in total. The van der Waals surface area contributed by atoms with E-state index in [0.29, 0.717) is 0 Å². The van der Waals surface area contributed by atoms with E-state index in [1.807, 2.05) is 0 Å². The largest absolute Gasteiger partial charge is 2.00 e. The van der Waals surface area contributed by atoms with Gasteiger partial charge in [0, 0.05) is 0 Å². The van der Waals surface area contributed by atoms with Gasteiger partial charge in [-0.05, 0) is 12.3 Å². The zero-order valence-electron chi connectivity index (χ0n) is 4.86. The van der Waals surface area contributed by atoms with Crippen molar-refractivity contribution in [3.05, 3.63) is 0 Å². The number of hydrogen-bond donors (Lipinski definition) is 0. The Labute approximate surface area is 88.1 Å². The summed E-state index contributed by atoms with van der Waals surface area (Å²) in [5.41, 5.74) is 0. The van der Waals surface area contributed by atoms with Crippen molar-refractivity contribution >= 4 is 58.4 Å². The average Bonchev–Trinajstić information content (AvgIpc) is 1.25. The third-order valence-electron chi connectivity index (χ3n) is 0. The Morgan fingerprint density at radius 3 is 0.700 bits per heavy atom. The molecule has 0 aliphatic carbocycles. The number of carbonyl (C=O) groups excluding carboxylic acids is 2. The van der Waals surface area contributed by atoms with E-state index in [1.54, 1.807) is 0 Å². The van der Waals surface area contributed by atoms with Crippen LogP contribution in [0.2, 0.25) is 0 Å². The van der Waals surface area contributed by atoms with Gasteiger partial charge in [-0.2, -0.15) is 0 Å². The number of hydrogen-bond acceptors (Lipinski definition) is 6. The quantitative estimate of drug-likeness (QED) is 0.332. The molecular formula is C2Mg2O6. The number of carbonyl (C=O) groups is 2. The molecule has 0 atom stereocenters. The van der Waals surface area contributed by atoms with Crippen LogP contribution in [0.25, 0.3) is 0 Å². The summed E-state index contributed by atoms with van der Waals surface area (Å²) in [6.45, 7) is 0. The minimum absolute atomic E-state index is 0. The van der Waals surface area contributed by atoms with Gasteiger partial charge in [0.15, 0.2) is 0 Å². The first kappa shape index (κ1) is 22.5. The molecule has 0 spiro atoms. The van der Waals surface area contributed by atoms with Gasteiger partial charge in [-0.3, -0.25) is 0 Å². The van der Waals surface area contributed by atoms with Crippen LogP contribution in [0.5, 0.6) is 0 Å². The van der Waals surface area contributed by atoms with Crippen LogP contribution >= 0.6 is 0 Å². The molecular weight excluding hydrogens is 169 g/mol. The second-order valence-electron chi connectivity index (χ2n) is 0.500. The molecule has 0 aromatic heterocycles. The first-order valence-corrected chi connectivity index (χ1v) is 1.22. The molecule has 0 amide bonds. The molecule has 48 valence electrons. The van der Waals surface area contributed by atoms with Crippen molar-refractivity contribution in [3.8, 4) is 0 Å². The molecule has 0 fully saturated rings. The van der Waals surface area contributed by atoms with E-state index in [0.717, 1.165) is 0 Å². The maximum Gasteiger partial charge on any atom is 2.00 e. The zero-order chi connectivity index (χ0) is 7.15. The predicted octanol–water partition coefficient (Wildman–Crippen LogP) is -5.66. The van der Waals surface area contributed by atoms with Crippen LogP contribution in [0.15, 0.2) is 0 Å². The molecule has 0 unspecified atom stereocenters. The Morgan fingerprint density at radius 2 is 0.700 bits per heavy atom. The van der Waals surface area contributed by atoms with Crippen LogP contribution in [0.4, 0.5) is 9.59 Å². The average molecular weight is 169 g/mol. The molecule has 0 aliphatic heterocycles. The molecule has 10 heavy (non-hydrogen) atoms. The smallest absolute Gasteiger partial charge is 0.652 e. The number of carboxylic acid groups (broad SMARTS) is 4. The van der Waals surface area contributed by atoms with Crippen molar-refractivity contribution in [3.63, 3.8) is 0 Å². The van der Waals surface area contributed by atoms with Crippen molar-refractivity contribution < 1.29 is 30.0 Å². The van der Waals surface area contributed by atoms with Crippen molar-refractivity contribution in [1.82, 2.24) is 0 Å². The minimum atomic E-state index is -2.33. The third kappa shape index (κ3) is 76900. The van der Waals surface area contributed by atoms with E-state index in [1.165, 1.54) is 0 Å². The fourth-order valence-electron chi connectivity index (χ4n) is 0. The Balaban J connectivity index is -0.0000000300. The standard InChI is InChI=1S/2CH2O3.2Mg/c2*2-1(3)4;;/h2*(H2,2,3,4);;/q;;2*+2/p-4. The second kappa shape index (κ2) is 16.0.